The predicted octanol–water partition coefficient (Wildman–Crippen LogP) is 2.45. The van der Waals surface area contributed by atoms with Crippen molar-refractivity contribution in [1.29, 1.82) is 0 Å². The molecule has 4 nitrogen and oxygen atoms in total. The van der Waals surface area contributed by atoms with Gasteiger partial charge in [-0.2, -0.15) is 0 Å². The van der Waals surface area contributed by atoms with Crippen molar-refractivity contribution in [3.63, 3.8) is 0 Å². The monoisotopic (exact) mass is 230 g/mol. The highest BCUT2D eigenvalue weighted by Gasteiger charge is 2.03. The molecule has 0 aromatic carbocycles. The topological polar surface area (TPSA) is 43.6 Å². The first-order valence-corrected chi connectivity index (χ1v) is 6.15. The van der Waals surface area contributed by atoms with Gasteiger partial charge in [0.2, 0.25) is 0 Å². The Balaban J connectivity index is 1.99. The Morgan fingerprint density at radius 2 is 2.12 bits per heavy atom. The molecule has 0 unspecified atom stereocenters. The molecule has 0 fully saturated rings. The summed E-state index contributed by atoms with van der Waals surface area (Å²) >= 11 is 0. The number of hydrogen-bond donors (Lipinski definition) is 0. The van der Waals surface area contributed by atoms with E-state index < -0.39 is 0 Å². The summed E-state index contributed by atoms with van der Waals surface area (Å²) < 4.78 is 2.16. The Morgan fingerprint density at radius 3 is 2.88 bits per heavy atom. The highest BCUT2D eigenvalue weighted by molar-refractivity contribution is 5.02. The van der Waals surface area contributed by atoms with Crippen LogP contribution in [0.4, 0.5) is 0 Å². The summed E-state index contributed by atoms with van der Waals surface area (Å²) in [4.78, 5) is 12.6. The maximum absolute atomic E-state index is 4.40. The first kappa shape index (κ1) is 11.8. The normalized spacial score (nSPS) is 10.6. The van der Waals surface area contributed by atoms with Gasteiger partial charge in [0.1, 0.15) is 12.2 Å². The third kappa shape index (κ3) is 3.37. The van der Waals surface area contributed by atoms with Gasteiger partial charge < -0.3 is 4.57 Å². The Hall–Kier alpha value is -1.71. The van der Waals surface area contributed by atoms with Crippen molar-refractivity contribution in [3.8, 4) is 0 Å². The van der Waals surface area contributed by atoms with Gasteiger partial charge in [-0.3, -0.25) is 0 Å². The molecule has 0 saturated carbocycles. The third-order valence-electron chi connectivity index (χ3n) is 2.78. The molecule has 0 aliphatic carbocycles. The Bertz CT molecular complexity index is 436. The summed E-state index contributed by atoms with van der Waals surface area (Å²) in [5.74, 6) is 1.15. The van der Waals surface area contributed by atoms with Crippen molar-refractivity contribution in [2.75, 3.05) is 0 Å². The zero-order valence-corrected chi connectivity index (χ0v) is 10.2. The fraction of sp³-hybridized carbons (Fsp3) is 0.462. The molecule has 0 atom stereocenters. The van der Waals surface area contributed by atoms with E-state index in [1.165, 1.54) is 19.3 Å². The van der Waals surface area contributed by atoms with Gasteiger partial charge in [0, 0.05) is 25.0 Å². The van der Waals surface area contributed by atoms with Crippen molar-refractivity contribution in [3.05, 3.63) is 42.5 Å². The number of rotatable bonds is 6. The number of hydrogen-bond acceptors (Lipinski definition) is 3. The van der Waals surface area contributed by atoms with E-state index in [1.54, 1.807) is 12.5 Å². The smallest absolute Gasteiger partial charge is 0.115 e. The maximum Gasteiger partial charge on any atom is 0.115 e. The van der Waals surface area contributed by atoms with Crippen LogP contribution in [0.1, 0.15) is 37.7 Å². The van der Waals surface area contributed by atoms with Crippen molar-refractivity contribution < 1.29 is 0 Å². The minimum Gasteiger partial charge on any atom is -0.329 e. The zero-order valence-electron chi connectivity index (χ0n) is 10.2. The second-order valence-electron chi connectivity index (χ2n) is 4.13. The van der Waals surface area contributed by atoms with E-state index in [0.29, 0.717) is 0 Å². The molecule has 0 N–H and O–H groups in total. The van der Waals surface area contributed by atoms with Crippen LogP contribution in [0.3, 0.4) is 0 Å². The van der Waals surface area contributed by atoms with Crippen LogP contribution >= 0.6 is 0 Å². The molecule has 17 heavy (non-hydrogen) atoms. The lowest BCUT2D eigenvalue weighted by Gasteiger charge is -2.06. The molecule has 2 aromatic rings. The second-order valence-corrected chi connectivity index (χ2v) is 4.13. The number of nitrogens with zero attached hydrogens (tertiary/aromatic N) is 4. The largest absolute Gasteiger partial charge is 0.329 e. The Labute approximate surface area is 102 Å². The van der Waals surface area contributed by atoms with Crippen molar-refractivity contribution in [1.82, 2.24) is 19.5 Å². The summed E-state index contributed by atoms with van der Waals surface area (Å²) in [5.41, 5.74) is 1.02. The van der Waals surface area contributed by atoms with Gasteiger partial charge in [-0.15, -0.1) is 0 Å². The van der Waals surface area contributed by atoms with Crippen LogP contribution in [0.25, 0.3) is 0 Å². The van der Waals surface area contributed by atoms with E-state index in [9.17, 15) is 0 Å². The van der Waals surface area contributed by atoms with E-state index >= 15 is 0 Å². The van der Waals surface area contributed by atoms with E-state index in [2.05, 4.69) is 26.4 Å². The van der Waals surface area contributed by atoms with E-state index in [1.807, 2.05) is 18.5 Å². The molecule has 0 bridgehead atoms. The average molecular weight is 230 g/mol. The van der Waals surface area contributed by atoms with Gasteiger partial charge in [0.25, 0.3) is 0 Å². The molecule has 0 saturated heterocycles. The molecule has 4 heteroatoms. The summed E-state index contributed by atoms with van der Waals surface area (Å²) in [6, 6.07) is 1.94. The number of aromatic nitrogens is 4. The minimum absolute atomic E-state index is 0.782. The molecule has 0 aliphatic heterocycles. The van der Waals surface area contributed by atoms with Crippen LogP contribution in [0.2, 0.25) is 0 Å². The maximum atomic E-state index is 4.40. The Morgan fingerprint density at radius 1 is 1.18 bits per heavy atom. The fourth-order valence-electron chi connectivity index (χ4n) is 1.83. The second kappa shape index (κ2) is 6.13. The molecule has 2 rings (SSSR count). The highest BCUT2D eigenvalue weighted by Crippen LogP contribution is 2.07. The van der Waals surface area contributed by atoms with Crippen molar-refractivity contribution >= 4 is 0 Å². The molecule has 0 amide bonds. The predicted molar refractivity (Wildman–Crippen MR) is 66.6 cm³/mol. The highest BCUT2D eigenvalue weighted by atomic mass is 15.1. The summed E-state index contributed by atoms with van der Waals surface area (Å²) in [6.07, 6.45) is 12.0. The molecule has 90 valence electrons. The number of imidazole rings is 1. The molecular formula is C13H18N4. The lowest BCUT2D eigenvalue weighted by atomic mass is 10.2. The van der Waals surface area contributed by atoms with Gasteiger partial charge in [-0.25, -0.2) is 15.0 Å². The van der Waals surface area contributed by atoms with Gasteiger partial charge in [0.05, 0.1) is 12.2 Å². The van der Waals surface area contributed by atoms with Crippen LogP contribution in [-0.2, 0) is 13.0 Å². The standard InChI is InChI=1S/C13H18N4/c1-2-3-4-5-13-15-8-9-17(13)10-12-6-7-14-11-16-12/h6-9,11H,2-5,10H2,1H3. The van der Waals surface area contributed by atoms with Gasteiger partial charge >= 0.3 is 0 Å². The van der Waals surface area contributed by atoms with Gasteiger partial charge in [-0.05, 0) is 12.5 Å². The third-order valence-corrected chi connectivity index (χ3v) is 2.78. The Kier molecular flexibility index (Phi) is 4.24. The molecule has 2 aromatic heterocycles. The quantitative estimate of drug-likeness (QED) is 0.716. The fourth-order valence-corrected chi connectivity index (χ4v) is 1.83. The number of unbranched alkanes of at least 4 members (excludes halogenated alkanes) is 2. The summed E-state index contributed by atoms with van der Waals surface area (Å²) in [6.45, 7) is 3.00. The summed E-state index contributed by atoms with van der Waals surface area (Å²) in [7, 11) is 0. The average Bonchev–Trinajstić information content (AvgIpc) is 2.79. The van der Waals surface area contributed by atoms with Crippen molar-refractivity contribution in [2.45, 2.75) is 39.2 Å². The lowest BCUT2D eigenvalue weighted by molar-refractivity contribution is 0.646. The van der Waals surface area contributed by atoms with Crippen LogP contribution in [0.5, 0.6) is 0 Å². The minimum atomic E-state index is 0.782. The van der Waals surface area contributed by atoms with Crippen LogP contribution in [0, 0.1) is 0 Å². The SMILES string of the molecule is CCCCCc1nccn1Cc1ccncn1. The molecule has 0 radical (unpaired) electrons. The molecule has 0 aliphatic rings. The van der Waals surface area contributed by atoms with Crippen LogP contribution < -0.4 is 0 Å². The van der Waals surface area contributed by atoms with E-state index in [-0.39, 0.29) is 0 Å². The first-order chi connectivity index (χ1) is 8.40. The van der Waals surface area contributed by atoms with Gasteiger partial charge in [0.15, 0.2) is 0 Å². The molecule has 2 heterocycles. The number of aryl methyl sites for hydroxylation is 1. The van der Waals surface area contributed by atoms with E-state index in [4.69, 9.17) is 0 Å². The van der Waals surface area contributed by atoms with Crippen LogP contribution in [-0.4, -0.2) is 19.5 Å². The zero-order chi connectivity index (χ0) is 11.9. The molecular weight excluding hydrogens is 212 g/mol. The van der Waals surface area contributed by atoms with Gasteiger partial charge in [-0.1, -0.05) is 19.8 Å². The van der Waals surface area contributed by atoms with E-state index in [0.717, 1.165) is 24.5 Å². The molecule has 0 spiro atoms. The summed E-state index contributed by atoms with van der Waals surface area (Å²) in [5, 5.41) is 0. The van der Waals surface area contributed by atoms with Crippen LogP contribution in [0.15, 0.2) is 31.0 Å². The first-order valence-electron chi connectivity index (χ1n) is 6.15. The van der Waals surface area contributed by atoms with Crippen molar-refractivity contribution in [2.24, 2.45) is 0 Å². The lowest BCUT2D eigenvalue weighted by Crippen LogP contribution is -2.06.